The molecule has 0 spiro atoms. The van der Waals surface area contributed by atoms with Crippen LogP contribution >= 0.6 is 0 Å². The molecule has 2 aliphatic rings. The Labute approximate surface area is 93.8 Å². The molecular weight excluding hydrogens is 204 g/mol. The Morgan fingerprint density at radius 3 is 3.00 bits per heavy atom. The van der Waals surface area contributed by atoms with Gasteiger partial charge in [0.15, 0.2) is 0 Å². The molecule has 0 atom stereocenters. The number of hydrogen-bond acceptors (Lipinski definition) is 2. The summed E-state index contributed by atoms with van der Waals surface area (Å²) in [5.74, 6) is 0.833. The minimum atomic E-state index is -0.516. The van der Waals surface area contributed by atoms with Crippen molar-refractivity contribution < 1.29 is 9.53 Å². The predicted molar refractivity (Wildman–Crippen MR) is 60.9 cm³/mol. The second-order valence-corrected chi connectivity index (χ2v) is 4.32. The molecule has 4 nitrogen and oxygen atoms in total. The fourth-order valence-electron chi connectivity index (χ4n) is 2.65. The van der Waals surface area contributed by atoms with Crippen LogP contribution in [0.3, 0.4) is 0 Å². The summed E-state index contributed by atoms with van der Waals surface area (Å²) in [6.45, 7) is 0.700. The standard InChI is InChI=1S/C12H14N2O2/c13-12(15)14-10-9-3-1-2-7(9)6-8-4-5-16-11(8)10/h6H,1-5H2,(H3,13,14,15). The van der Waals surface area contributed by atoms with E-state index in [2.05, 4.69) is 11.4 Å². The number of carbonyl (C=O) groups excluding carboxylic acids is 1. The number of primary amides is 1. The van der Waals surface area contributed by atoms with Crippen molar-refractivity contribution in [2.45, 2.75) is 25.7 Å². The molecule has 16 heavy (non-hydrogen) atoms. The van der Waals surface area contributed by atoms with E-state index in [4.69, 9.17) is 10.5 Å². The van der Waals surface area contributed by atoms with Crippen molar-refractivity contribution >= 4 is 11.7 Å². The molecule has 1 aliphatic heterocycles. The topological polar surface area (TPSA) is 64.4 Å². The molecule has 1 heterocycles. The third-order valence-corrected chi connectivity index (χ3v) is 3.30. The van der Waals surface area contributed by atoms with E-state index in [1.165, 1.54) is 16.7 Å². The number of ether oxygens (including phenoxy) is 1. The van der Waals surface area contributed by atoms with Crippen molar-refractivity contribution in [3.05, 3.63) is 22.8 Å². The molecule has 4 heteroatoms. The van der Waals surface area contributed by atoms with E-state index in [0.29, 0.717) is 6.61 Å². The van der Waals surface area contributed by atoms with Crippen LogP contribution in [0.1, 0.15) is 23.1 Å². The number of nitrogens with one attached hydrogen (secondary N) is 1. The van der Waals surface area contributed by atoms with E-state index in [1.54, 1.807) is 0 Å². The SMILES string of the molecule is NC(=O)Nc1c2c(cc3c1OCC3)CCC2. The van der Waals surface area contributed by atoms with Crippen LogP contribution in [0, 0.1) is 0 Å². The van der Waals surface area contributed by atoms with Crippen molar-refractivity contribution in [1.29, 1.82) is 0 Å². The van der Waals surface area contributed by atoms with E-state index in [1.807, 2.05) is 0 Å². The van der Waals surface area contributed by atoms with Crippen molar-refractivity contribution in [2.75, 3.05) is 11.9 Å². The number of nitrogens with two attached hydrogens (primary N) is 1. The number of amides is 2. The molecule has 2 amide bonds. The number of carbonyl (C=O) groups is 1. The van der Waals surface area contributed by atoms with Crippen LogP contribution in [0.25, 0.3) is 0 Å². The van der Waals surface area contributed by atoms with Gasteiger partial charge in [0, 0.05) is 6.42 Å². The van der Waals surface area contributed by atoms with Crippen molar-refractivity contribution in [1.82, 2.24) is 0 Å². The fraction of sp³-hybridized carbons (Fsp3) is 0.417. The Balaban J connectivity index is 2.15. The van der Waals surface area contributed by atoms with E-state index < -0.39 is 6.03 Å². The van der Waals surface area contributed by atoms with Gasteiger partial charge in [-0.2, -0.15) is 0 Å². The molecule has 1 aliphatic carbocycles. The number of fused-ring (bicyclic) bond motifs is 2. The zero-order chi connectivity index (χ0) is 11.1. The summed E-state index contributed by atoms with van der Waals surface area (Å²) in [4.78, 5) is 11.0. The molecule has 0 bridgehead atoms. The lowest BCUT2D eigenvalue weighted by Gasteiger charge is -2.13. The molecular formula is C12H14N2O2. The third kappa shape index (κ3) is 1.33. The van der Waals surface area contributed by atoms with Crippen LogP contribution in [0.4, 0.5) is 10.5 Å². The number of anilines is 1. The molecule has 3 N–H and O–H groups in total. The summed E-state index contributed by atoms with van der Waals surface area (Å²) in [7, 11) is 0. The fourth-order valence-corrected chi connectivity index (χ4v) is 2.65. The average molecular weight is 218 g/mol. The molecule has 0 aromatic heterocycles. The summed E-state index contributed by atoms with van der Waals surface area (Å²) in [6.07, 6.45) is 4.17. The molecule has 0 saturated carbocycles. The normalized spacial score (nSPS) is 16.5. The molecule has 0 unspecified atom stereocenters. The van der Waals surface area contributed by atoms with Gasteiger partial charge >= 0.3 is 6.03 Å². The number of urea groups is 1. The van der Waals surface area contributed by atoms with Gasteiger partial charge in [0.1, 0.15) is 5.75 Å². The first-order valence-electron chi connectivity index (χ1n) is 5.62. The highest BCUT2D eigenvalue weighted by atomic mass is 16.5. The van der Waals surface area contributed by atoms with E-state index >= 15 is 0 Å². The van der Waals surface area contributed by atoms with Crippen LogP contribution < -0.4 is 15.8 Å². The molecule has 0 saturated heterocycles. The Morgan fingerprint density at radius 1 is 1.31 bits per heavy atom. The number of aryl methyl sites for hydroxylation is 1. The highest BCUT2D eigenvalue weighted by molar-refractivity contribution is 5.92. The van der Waals surface area contributed by atoms with E-state index in [-0.39, 0.29) is 0 Å². The predicted octanol–water partition coefficient (Wildman–Crippen LogP) is 1.60. The summed E-state index contributed by atoms with van der Waals surface area (Å²) >= 11 is 0. The average Bonchev–Trinajstić information content (AvgIpc) is 2.83. The third-order valence-electron chi connectivity index (χ3n) is 3.30. The minimum Gasteiger partial charge on any atom is -0.491 e. The highest BCUT2D eigenvalue weighted by Gasteiger charge is 2.25. The minimum absolute atomic E-state index is 0.516. The summed E-state index contributed by atoms with van der Waals surface area (Å²) < 4.78 is 5.59. The van der Waals surface area contributed by atoms with E-state index in [0.717, 1.165) is 37.1 Å². The van der Waals surface area contributed by atoms with Gasteiger partial charge in [-0.3, -0.25) is 0 Å². The second kappa shape index (κ2) is 3.40. The van der Waals surface area contributed by atoms with Crippen LogP contribution in [0.2, 0.25) is 0 Å². The summed E-state index contributed by atoms with van der Waals surface area (Å²) in [6, 6.07) is 1.70. The maximum Gasteiger partial charge on any atom is 0.316 e. The lowest BCUT2D eigenvalue weighted by atomic mass is 10.0. The van der Waals surface area contributed by atoms with Crippen molar-refractivity contribution in [2.24, 2.45) is 5.73 Å². The van der Waals surface area contributed by atoms with Crippen LogP contribution in [0.15, 0.2) is 6.07 Å². The number of benzene rings is 1. The first-order chi connectivity index (χ1) is 7.75. The zero-order valence-corrected chi connectivity index (χ0v) is 9.01. The maximum absolute atomic E-state index is 11.0. The monoisotopic (exact) mass is 218 g/mol. The highest BCUT2D eigenvalue weighted by Crippen LogP contribution is 2.42. The van der Waals surface area contributed by atoms with Gasteiger partial charge < -0.3 is 15.8 Å². The van der Waals surface area contributed by atoms with Crippen LogP contribution in [-0.2, 0) is 19.3 Å². The van der Waals surface area contributed by atoms with Crippen LogP contribution in [0.5, 0.6) is 5.75 Å². The van der Waals surface area contributed by atoms with Gasteiger partial charge in [-0.1, -0.05) is 6.07 Å². The van der Waals surface area contributed by atoms with Gasteiger partial charge in [0.2, 0.25) is 0 Å². The Bertz CT molecular complexity index is 436. The van der Waals surface area contributed by atoms with Crippen molar-refractivity contribution in [3.8, 4) is 5.75 Å². The van der Waals surface area contributed by atoms with Gasteiger partial charge in [-0.15, -0.1) is 0 Å². The first-order valence-corrected chi connectivity index (χ1v) is 5.62. The largest absolute Gasteiger partial charge is 0.491 e. The molecule has 0 radical (unpaired) electrons. The molecule has 1 aromatic carbocycles. The Hall–Kier alpha value is -1.71. The van der Waals surface area contributed by atoms with Crippen LogP contribution in [-0.4, -0.2) is 12.6 Å². The van der Waals surface area contributed by atoms with E-state index in [9.17, 15) is 4.79 Å². The van der Waals surface area contributed by atoms with Gasteiger partial charge in [0.25, 0.3) is 0 Å². The number of rotatable bonds is 1. The summed E-state index contributed by atoms with van der Waals surface area (Å²) in [5, 5.41) is 2.72. The molecule has 84 valence electrons. The van der Waals surface area contributed by atoms with Gasteiger partial charge in [0.05, 0.1) is 12.3 Å². The molecule has 3 rings (SSSR count). The van der Waals surface area contributed by atoms with Gasteiger partial charge in [-0.25, -0.2) is 4.79 Å². The second-order valence-electron chi connectivity index (χ2n) is 4.32. The maximum atomic E-state index is 11.0. The lowest BCUT2D eigenvalue weighted by Crippen LogP contribution is -2.20. The molecule has 0 fully saturated rings. The Morgan fingerprint density at radius 2 is 2.19 bits per heavy atom. The molecule has 1 aromatic rings. The zero-order valence-electron chi connectivity index (χ0n) is 9.01. The summed E-state index contributed by atoms with van der Waals surface area (Å²) in [5.41, 5.74) is 9.77. The van der Waals surface area contributed by atoms with Crippen molar-refractivity contribution in [3.63, 3.8) is 0 Å². The first kappa shape index (κ1) is 9.51. The quantitative estimate of drug-likeness (QED) is 0.752. The smallest absolute Gasteiger partial charge is 0.316 e. The Kier molecular flexibility index (Phi) is 2.02. The van der Waals surface area contributed by atoms with Gasteiger partial charge in [-0.05, 0) is 36.0 Å². The lowest BCUT2D eigenvalue weighted by molar-refractivity contribution is 0.259. The number of hydrogen-bond donors (Lipinski definition) is 2.